The minimum Gasteiger partial charge on any atom is -0.267 e. The first kappa shape index (κ1) is 16.9. The molecule has 0 aliphatic carbocycles. The molecule has 1 heterocycles. The average molecular weight is 356 g/mol. The Bertz CT molecular complexity index is 916. The first-order valence-electron chi connectivity index (χ1n) is 7.50. The number of hydrogen-bond donors (Lipinski definition) is 0. The summed E-state index contributed by atoms with van der Waals surface area (Å²) in [6.07, 6.45) is 0. The minimum absolute atomic E-state index is 0.0378. The Balaban J connectivity index is 1.97. The Morgan fingerprint density at radius 1 is 1.12 bits per heavy atom. The molecule has 0 atom stereocenters. The summed E-state index contributed by atoms with van der Waals surface area (Å²) < 4.78 is 0. The van der Waals surface area contributed by atoms with E-state index in [1.807, 2.05) is 19.1 Å². The summed E-state index contributed by atoms with van der Waals surface area (Å²) in [4.78, 5) is 23.1. The lowest BCUT2D eigenvalue weighted by Gasteiger charge is -2.12. The fourth-order valence-electron chi connectivity index (χ4n) is 2.67. The first-order chi connectivity index (χ1) is 11.9. The number of nitro benzene ring substituents is 1. The molecule has 126 valence electrons. The average Bonchev–Trinajstić information content (AvgIpc) is 2.89. The fourth-order valence-corrected chi connectivity index (χ4v) is 2.80. The molecule has 3 rings (SSSR count). The quantitative estimate of drug-likeness (QED) is 0.464. The van der Waals surface area contributed by atoms with E-state index in [9.17, 15) is 14.9 Å². The summed E-state index contributed by atoms with van der Waals surface area (Å²) in [5, 5.41) is 16.9. The molecule has 6 nitrogen and oxygen atoms in total. The molecule has 1 aliphatic heterocycles. The van der Waals surface area contributed by atoms with Crippen molar-refractivity contribution in [3.05, 3.63) is 74.8 Å². The summed E-state index contributed by atoms with van der Waals surface area (Å²) >= 11 is 5.91. The van der Waals surface area contributed by atoms with E-state index >= 15 is 0 Å². The second kappa shape index (κ2) is 6.49. The molecule has 0 saturated heterocycles. The van der Waals surface area contributed by atoms with Crippen molar-refractivity contribution >= 4 is 40.2 Å². The third-order valence-electron chi connectivity index (χ3n) is 3.98. The van der Waals surface area contributed by atoms with Crippen molar-refractivity contribution in [3.8, 4) is 0 Å². The van der Waals surface area contributed by atoms with Gasteiger partial charge in [0.15, 0.2) is 0 Å². The molecule has 1 amide bonds. The zero-order valence-electron chi connectivity index (χ0n) is 13.6. The van der Waals surface area contributed by atoms with Crippen LogP contribution in [0.15, 0.2) is 59.2 Å². The van der Waals surface area contributed by atoms with Crippen LogP contribution in [0.25, 0.3) is 5.57 Å². The van der Waals surface area contributed by atoms with Crippen LogP contribution in [0.4, 0.5) is 11.4 Å². The van der Waals surface area contributed by atoms with E-state index in [0.29, 0.717) is 22.0 Å². The number of nitrogens with zero attached hydrogens (tertiary/aromatic N) is 3. The molecule has 0 radical (unpaired) electrons. The molecule has 2 aromatic rings. The van der Waals surface area contributed by atoms with Crippen molar-refractivity contribution in [1.29, 1.82) is 0 Å². The van der Waals surface area contributed by atoms with E-state index in [1.165, 1.54) is 29.3 Å². The van der Waals surface area contributed by atoms with Crippen LogP contribution in [-0.4, -0.2) is 16.5 Å². The predicted octanol–water partition coefficient (Wildman–Crippen LogP) is 4.44. The maximum Gasteiger partial charge on any atom is 0.280 e. The molecular weight excluding hydrogens is 342 g/mol. The number of nitro groups is 1. The number of benzene rings is 2. The highest BCUT2D eigenvalue weighted by molar-refractivity contribution is 6.33. The number of allylic oxidation sites excluding steroid dienone is 1. The van der Waals surface area contributed by atoms with E-state index in [-0.39, 0.29) is 11.6 Å². The fraction of sp³-hybridized carbons (Fsp3) is 0.111. The third kappa shape index (κ3) is 3.16. The molecular formula is C18H14ClN3O3. The van der Waals surface area contributed by atoms with E-state index in [4.69, 9.17) is 11.6 Å². The van der Waals surface area contributed by atoms with Gasteiger partial charge in [0.1, 0.15) is 0 Å². The Kier molecular flexibility index (Phi) is 4.37. The topological polar surface area (TPSA) is 75.8 Å². The van der Waals surface area contributed by atoms with Crippen LogP contribution in [0.1, 0.15) is 19.4 Å². The van der Waals surface area contributed by atoms with Gasteiger partial charge in [-0.15, -0.1) is 0 Å². The van der Waals surface area contributed by atoms with E-state index in [2.05, 4.69) is 5.10 Å². The Labute approximate surface area is 149 Å². The van der Waals surface area contributed by atoms with Crippen LogP contribution in [0.2, 0.25) is 5.02 Å². The van der Waals surface area contributed by atoms with Gasteiger partial charge in [-0.3, -0.25) is 14.9 Å². The molecule has 0 spiro atoms. The van der Waals surface area contributed by atoms with Crippen LogP contribution in [0, 0.1) is 10.1 Å². The lowest BCUT2D eigenvalue weighted by Crippen LogP contribution is -2.21. The first-order valence-corrected chi connectivity index (χ1v) is 7.87. The Morgan fingerprint density at radius 2 is 1.72 bits per heavy atom. The second-order valence-corrected chi connectivity index (χ2v) is 6.02. The number of anilines is 1. The van der Waals surface area contributed by atoms with Crippen molar-refractivity contribution in [3.63, 3.8) is 0 Å². The van der Waals surface area contributed by atoms with E-state index in [1.54, 1.807) is 19.1 Å². The highest BCUT2D eigenvalue weighted by Crippen LogP contribution is 2.30. The van der Waals surface area contributed by atoms with Crippen molar-refractivity contribution in [2.75, 3.05) is 5.01 Å². The van der Waals surface area contributed by atoms with Crippen LogP contribution in [-0.2, 0) is 4.79 Å². The van der Waals surface area contributed by atoms with Gasteiger partial charge in [-0.25, -0.2) is 0 Å². The number of non-ortho nitro benzene ring substituents is 1. The molecule has 2 aromatic carbocycles. The highest BCUT2D eigenvalue weighted by atomic mass is 35.5. The zero-order chi connectivity index (χ0) is 18.1. The zero-order valence-corrected chi connectivity index (χ0v) is 14.3. The van der Waals surface area contributed by atoms with Gasteiger partial charge in [0.25, 0.3) is 11.6 Å². The van der Waals surface area contributed by atoms with Gasteiger partial charge >= 0.3 is 0 Å². The largest absolute Gasteiger partial charge is 0.280 e. The maximum absolute atomic E-state index is 12.8. The lowest BCUT2D eigenvalue weighted by atomic mass is 9.98. The van der Waals surface area contributed by atoms with Crippen molar-refractivity contribution in [2.45, 2.75) is 13.8 Å². The second-order valence-electron chi connectivity index (χ2n) is 5.58. The van der Waals surface area contributed by atoms with Gasteiger partial charge in [0.05, 0.1) is 21.9 Å². The summed E-state index contributed by atoms with van der Waals surface area (Å²) in [5.74, 6) is -0.265. The molecule has 7 heteroatoms. The van der Waals surface area contributed by atoms with Crippen molar-refractivity contribution in [1.82, 2.24) is 0 Å². The molecule has 25 heavy (non-hydrogen) atoms. The predicted molar refractivity (Wildman–Crippen MR) is 97.7 cm³/mol. The lowest BCUT2D eigenvalue weighted by molar-refractivity contribution is -0.384. The third-order valence-corrected chi connectivity index (χ3v) is 4.23. The van der Waals surface area contributed by atoms with Crippen LogP contribution < -0.4 is 5.01 Å². The number of hydrazone groups is 1. The number of carbonyl (C=O) groups is 1. The summed E-state index contributed by atoms with van der Waals surface area (Å²) in [6, 6.07) is 12.9. The van der Waals surface area contributed by atoms with Crippen LogP contribution in [0.3, 0.4) is 0 Å². The Hall–Kier alpha value is -2.99. The van der Waals surface area contributed by atoms with Crippen molar-refractivity contribution < 1.29 is 9.72 Å². The standard InChI is InChI=1S/C18H14ClN3O3/c1-11(13-3-5-14(19)6-4-13)17-12(2)20-21(18(17)23)15-7-9-16(10-8-15)22(24)25/h3-10H,1-2H3/b17-11-. The van der Waals surface area contributed by atoms with Gasteiger partial charge < -0.3 is 0 Å². The number of amides is 1. The molecule has 0 fully saturated rings. The normalized spacial score (nSPS) is 16.0. The molecule has 1 aliphatic rings. The van der Waals surface area contributed by atoms with Gasteiger partial charge in [-0.1, -0.05) is 23.7 Å². The number of hydrogen-bond acceptors (Lipinski definition) is 4. The maximum atomic E-state index is 12.8. The smallest absolute Gasteiger partial charge is 0.267 e. The van der Waals surface area contributed by atoms with E-state index < -0.39 is 4.92 Å². The van der Waals surface area contributed by atoms with Gasteiger partial charge in [0.2, 0.25) is 0 Å². The van der Waals surface area contributed by atoms with Gasteiger partial charge in [-0.2, -0.15) is 10.1 Å². The van der Waals surface area contributed by atoms with E-state index in [0.717, 1.165) is 11.1 Å². The molecule has 0 bridgehead atoms. The SMILES string of the molecule is CC1=NN(c2ccc([N+](=O)[O-])cc2)C(=O)/C1=C(/C)c1ccc(Cl)cc1. The van der Waals surface area contributed by atoms with Crippen LogP contribution >= 0.6 is 11.6 Å². The molecule has 0 aromatic heterocycles. The van der Waals surface area contributed by atoms with Crippen molar-refractivity contribution in [2.24, 2.45) is 5.10 Å². The number of carbonyl (C=O) groups excluding carboxylic acids is 1. The minimum atomic E-state index is -0.486. The van der Waals surface area contributed by atoms with Crippen LogP contribution in [0.5, 0.6) is 0 Å². The summed E-state index contributed by atoms with van der Waals surface area (Å²) in [6.45, 7) is 3.62. The van der Waals surface area contributed by atoms with Gasteiger partial charge in [0, 0.05) is 17.2 Å². The Morgan fingerprint density at radius 3 is 2.28 bits per heavy atom. The highest BCUT2D eigenvalue weighted by Gasteiger charge is 2.30. The summed E-state index contributed by atoms with van der Waals surface area (Å²) in [5.41, 5.74) is 3.23. The molecule has 0 unspecified atom stereocenters. The molecule has 0 N–H and O–H groups in total. The molecule has 0 saturated carbocycles. The number of halogens is 1. The number of rotatable bonds is 3. The summed E-state index contributed by atoms with van der Waals surface area (Å²) in [7, 11) is 0. The van der Waals surface area contributed by atoms with Gasteiger partial charge in [-0.05, 0) is 49.2 Å². The monoisotopic (exact) mass is 355 g/mol.